The van der Waals surface area contributed by atoms with Crippen LogP contribution in [-0.4, -0.2) is 54.3 Å². The maximum atomic E-state index is 12.7. The van der Waals surface area contributed by atoms with E-state index in [-0.39, 0.29) is 10.8 Å². The molecule has 1 atom stereocenters. The first-order valence-corrected chi connectivity index (χ1v) is 10.1. The Balaban J connectivity index is 1.33. The minimum atomic E-state index is 0.116. The van der Waals surface area contributed by atoms with Crippen LogP contribution >= 0.6 is 11.8 Å². The van der Waals surface area contributed by atoms with Crippen LogP contribution in [0.15, 0.2) is 24.3 Å². The molecule has 2 fully saturated rings. The Bertz CT molecular complexity index is 595. The molecule has 2 amide bonds. The fourth-order valence-corrected chi connectivity index (χ4v) is 5.69. The van der Waals surface area contributed by atoms with E-state index >= 15 is 0 Å². The molecule has 0 aromatic heterocycles. The minimum absolute atomic E-state index is 0.116. The molecule has 5 heteroatoms. The van der Waals surface area contributed by atoms with Crippen molar-refractivity contribution < 1.29 is 9.53 Å². The number of urea groups is 1. The predicted octanol–water partition coefficient (Wildman–Crippen LogP) is 3.02. The quantitative estimate of drug-likeness (QED) is 0.895. The zero-order chi connectivity index (χ0) is 16.4. The fourth-order valence-electron chi connectivity index (χ4n) is 4.24. The van der Waals surface area contributed by atoms with Crippen LogP contribution in [0.25, 0.3) is 0 Å². The number of carbonyl (C=O) groups excluding carboxylic acids is 1. The number of ether oxygens (including phenoxy) is 1. The van der Waals surface area contributed by atoms with Gasteiger partial charge in [-0.15, -0.1) is 0 Å². The summed E-state index contributed by atoms with van der Waals surface area (Å²) in [7, 11) is 0. The Morgan fingerprint density at radius 3 is 3.04 bits per heavy atom. The van der Waals surface area contributed by atoms with Crippen LogP contribution in [0.2, 0.25) is 0 Å². The normalized spacial score (nSPS) is 25.5. The number of amides is 2. The molecule has 1 aromatic rings. The number of rotatable bonds is 2. The molecule has 1 spiro atoms. The van der Waals surface area contributed by atoms with Crippen LogP contribution in [-0.2, 0) is 11.2 Å². The molecule has 0 saturated carbocycles. The fraction of sp³-hybridized carbons (Fsp3) is 0.632. The first-order valence-electron chi connectivity index (χ1n) is 9.08. The smallest absolute Gasteiger partial charge is 0.317 e. The van der Waals surface area contributed by atoms with Crippen LogP contribution in [0.1, 0.15) is 36.3 Å². The summed E-state index contributed by atoms with van der Waals surface area (Å²) in [5.74, 6) is 1.51. The van der Waals surface area contributed by atoms with Crippen molar-refractivity contribution in [3.05, 3.63) is 35.4 Å². The van der Waals surface area contributed by atoms with Crippen molar-refractivity contribution in [1.82, 2.24) is 10.2 Å². The largest absolute Gasteiger partial charge is 0.381 e. The van der Waals surface area contributed by atoms with Crippen LogP contribution in [0.5, 0.6) is 0 Å². The summed E-state index contributed by atoms with van der Waals surface area (Å²) in [5, 5.41) is 3.20. The highest BCUT2D eigenvalue weighted by molar-refractivity contribution is 8.00. The van der Waals surface area contributed by atoms with Gasteiger partial charge in [-0.3, -0.25) is 0 Å². The molecule has 0 bridgehead atoms. The van der Waals surface area contributed by atoms with Gasteiger partial charge in [-0.2, -0.15) is 11.8 Å². The molecule has 0 radical (unpaired) electrons. The lowest BCUT2D eigenvalue weighted by Crippen LogP contribution is -2.54. The summed E-state index contributed by atoms with van der Waals surface area (Å²) in [6, 6.07) is 8.76. The van der Waals surface area contributed by atoms with Crippen LogP contribution in [0, 0.1) is 0 Å². The summed E-state index contributed by atoms with van der Waals surface area (Å²) in [6.45, 7) is 4.16. The highest BCUT2D eigenvalue weighted by Gasteiger charge is 2.39. The van der Waals surface area contributed by atoms with Gasteiger partial charge >= 0.3 is 6.03 Å². The average Bonchev–Trinajstić information content (AvgIpc) is 3.03. The molecule has 4 rings (SSSR count). The highest BCUT2D eigenvalue weighted by atomic mass is 32.2. The summed E-state index contributed by atoms with van der Waals surface area (Å²) in [4.78, 5) is 14.7. The third-order valence-electron chi connectivity index (χ3n) is 5.70. The molecular weight excluding hydrogens is 320 g/mol. The summed E-state index contributed by atoms with van der Waals surface area (Å²) in [5.41, 5.74) is 2.88. The average molecular weight is 346 g/mol. The van der Waals surface area contributed by atoms with Crippen LogP contribution in [0.3, 0.4) is 0 Å². The molecule has 2 saturated heterocycles. The van der Waals surface area contributed by atoms with Crippen LogP contribution < -0.4 is 5.32 Å². The van der Waals surface area contributed by atoms with Crippen molar-refractivity contribution in [3.63, 3.8) is 0 Å². The molecule has 1 aliphatic carbocycles. The van der Waals surface area contributed by atoms with E-state index in [2.05, 4.69) is 29.6 Å². The minimum Gasteiger partial charge on any atom is -0.381 e. The van der Waals surface area contributed by atoms with Crippen molar-refractivity contribution in [1.29, 1.82) is 0 Å². The van der Waals surface area contributed by atoms with E-state index in [0.29, 0.717) is 5.92 Å². The monoisotopic (exact) mass is 346 g/mol. The molecule has 24 heavy (non-hydrogen) atoms. The standard InChI is InChI=1S/C19H26N2O2S/c22-18(20-13-16-6-5-15-3-1-2-4-17(15)16)21-9-12-24-19(14-21)7-10-23-11-8-19/h1-4,16H,5-14H2,(H,20,22)/t16-/m1/s1. The number of benzene rings is 1. The van der Waals surface area contributed by atoms with Gasteiger partial charge in [0.05, 0.1) is 0 Å². The van der Waals surface area contributed by atoms with Gasteiger partial charge in [-0.25, -0.2) is 4.79 Å². The Hall–Kier alpha value is -1.20. The number of carbonyl (C=O) groups is 1. The second-order valence-corrected chi connectivity index (χ2v) is 8.75. The number of hydrogen-bond acceptors (Lipinski definition) is 3. The van der Waals surface area contributed by atoms with E-state index in [0.717, 1.165) is 64.3 Å². The maximum absolute atomic E-state index is 12.7. The Kier molecular flexibility index (Phi) is 4.72. The van der Waals surface area contributed by atoms with Gasteiger partial charge in [0.15, 0.2) is 0 Å². The molecule has 130 valence electrons. The number of nitrogens with one attached hydrogen (secondary N) is 1. The Morgan fingerprint density at radius 2 is 2.17 bits per heavy atom. The van der Waals surface area contributed by atoms with Crippen molar-refractivity contribution in [3.8, 4) is 0 Å². The van der Waals surface area contributed by atoms with Gasteiger partial charge in [0.2, 0.25) is 0 Å². The second-order valence-electron chi connectivity index (χ2n) is 7.19. The summed E-state index contributed by atoms with van der Waals surface area (Å²) < 4.78 is 5.74. The van der Waals surface area contributed by atoms with Gasteiger partial charge in [0.25, 0.3) is 0 Å². The zero-order valence-electron chi connectivity index (χ0n) is 14.1. The molecule has 0 unspecified atom stereocenters. The van der Waals surface area contributed by atoms with E-state index in [4.69, 9.17) is 4.74 Å². The highest BCUT2D eigenvalue weighted by Crippen LogP contribution is 2.39. The van der Waals surface area contributed by atoms with Gasteiger partial charge < -0.3 is 15.0 Å². The molecule has 3 aliphatic rings. The molecular formula is C19H26N2O2S. The molecule has 1 aromatic carbocycles. The summed E-state index contributed by atoms with van der Waals surface area (Å²) >= 11 is 2.04. The van der Waals surface area contributed by atoms with E-state index in [1.54, 1.807) is 0 Å². The lowest BCUT2D eigenvalue weighted by molar-refractivity contribution is 0.0669. The maximum Gasteiger partial charge on any atom is 0.317 e. The predicted molar refractivity (Wildman–Crippen MR) is 97.7 cm³/mol. The SMILES string of the molecule is O=C(NC[C@H]1CCc2ccccc21)N1CCSC2(CCOCC2)C1. The number of nitrogens with zero attached hydrogens (tertiary/aromatic N) is 1. The zero-order valence-corrected chi connectivity index (χ0v) is 14.9. The second kappa shape index (κ2) is 6.96. The van der Waals surface area contributed by atoms with E-state index in [1.165, 1.54) is 11.1 Å². The lowest BCUT2D eigenvalue weighted by atomic mass is 9.98. The van der Waals surface area contributed by atoms with E-state index in [1.807, 2.05) is 16.7 Å². The third kappa shape index (κ3) is 3.29. The number of thioether (sulfide) groups is 1. The molecule has 2 heterocycles. The van der Waals surface area contributed by atoms with E-state index < -0.39 is 0 Å². The topological polar surface area (TPSA) is 41.6 Å². The van der Waals surface area contributed by atoms with Crippen molar-refractivity contribution in [2.24, 2.45) is 0 Å². The molecule has 2 aliphatic heterocycles. The van der Waals surface area contributed by atoms with Gasteiger partial charge in [-0.1, -0.05) is 24.3 Å². The van der Waals surface area contributed by atoms with Crippen LogP contribution in [0.4, 0.5) is 4.79 Å². The van der Waals surface area contributed by atoms with Crippen molar-refractivity contribution in [2.45, 2.75) is 36.3 Å². The Labute approximate surface area is 148 Å². The number of hydrogen-bond donors (Lipinski definition) is 1. The van der Waals surface area contributed by atoms with Crippen molar-refractivity contribution in [2.75, 3.05) is 38.6 Å². The number of aryl methyl sites for hydroxylation is 1. The first kappa shape index (κ1) is 16.3. The van der Waals surface area contributed by atoms with Crippen molar-refractivity contribution >= 4 is 17.8 Å². The Morgan fingerprint density at radius 1 is 1.33 bits per heavy atom. The lowest BCUT2D eigenvalue weighted by Gasteiger charge is -2.44. The van der Waals surface area contributed by atoms with Gasteiger partial charge in [-0.05, 0) is 36.8 Å². The summed E-state index contributed by atoms with van der Waals surface area (Å²) in [6.07, 6.45) is 4.42. The van der Waals surface area contributed by atoms with E-state index in [9.17, 15) is 4.79 Å². The molecule has 4 nitrogen and oxygen atoms in total. The first-order chi connectivity index (χ1) is 11.8. The number of fused-ring (bicyclic) bond motifs is 1. The third-order valence-corrected chi connectivity index (χ3v) is 7.23. The molecule has 1 N–H and O–H groups in total. The van der Waals surface area contributed by atoms with Gasteiger partial charge in [0.1, 0.15) is 0 Å². The van der Waals surface area contributed by atoms with Gasteiger partial charge in [0, 0.05) is 49.3 Å².